The van der Waals surface area contributed by atoms with Gasteiger partial charge in [-0.25, -0.2) is 0 Å². The predicted octanol–water partition coefficient (Wildman–Crippen LogP) is 12.0. The minimum Gasteiger partial charge on any atom is -0.354 e. The fourth-order valence-electron chi connectivity index (χ4n) is 7.31. The van der Waals surface area contributed by atoms with Crippen LogP contribution in [0.4, 0.5) is 0 Å². The highest BCUT2D eigenvalue weighted by Gasteiger charge is 2.18. The van der Waals surface area contributed by atoms with E-state index in [1.54, 1.807) is 0 Å². The van der Waals surface area contributed by atoms with Gasteiger partial charge in [0.15, 0.2) is 0 Å². The van der Waals surface area contributed by atoms with E-state index in [2.05, 4.69) is 164 Å². The number of nitrogens with one attached hydrogen (secondary N) is 1. The molecular weight excluding hydrogens is 542 g/mol. The molecule has 0 aliphatic rings. The Labute approximate surface area is 262 Å². The first-order valence-corrected chi connectivity index (χ1v) is 15.7. The molecule has 212 valence electrons. The maximum Gasteiger partial charge on any atom is 0.0551 e. The van der Waals surface area contributed by atoms with Crippen LogP contribution in [0.3, 0.4) is 0 Å². The lowest BCUT2D eigenvalue weighted by Crippen LogP contribution is -1.90. The summed E-state index contributed by atoms with van der Waals surface area (Å²) in [6, 6.07) is 55.8. The molecule has 8 aromatic carbocycles. The number of aryl methyl sites for hydroxylation is 1. The van der Waals surface area contributed by atoms with E-state index in [0.29, 0.717) is 0 Å². The lowest BCUT2D eigenvalue weighted by molar-refractivity contribution is 1.19. The average Bonchev–Trinajstić information content (AvgIpc) is 3.48. The molecule has 0 amide bonds. The summed E-state index contributed by atoms with van der Waals surface area (Å²) in [5.41, 5.74) is 11.4. The van der Waals surface area contributed by atoms with Crippen molar-refractivity contribution in [1.29, 1.82) is 0 Å². The number of aromatic nitrogens is 1. The molecule has 0 fully saturated rings. The van der Waals surface area contributed by atoms with Crippen LogP contribution in [0.15, 0.2) is 152 Å². The van der Waals surface area contributed by atoms with E-state index in [-0.39, 0.29) is 0 Å². The minimum absolute atomic E-state index is 0.913. The molecule has 0 saturated carbocycles. The zero-order valence-corrected chi connectivity index (χ0v) is 25.1. The summed E-state index contributed by atoms with van der Waals surface area (Å²) in [6.45, 7) is 2.15. The van der Waals surface area contributed by atoms with Gasteiger partial charge in [-0.3, -0.25) is 0 Å². The van der Waals surface area contributed by atoms with Crippen LogP contribution in [0.25, 0.3) is 76.4 Å². The first-order valence-electron chi connectivity index (χ1n) is 15.7. The van der Waals surface area contributed by atoms with Crippen LogP contribution >= 0.6 is 0 Å². The second kappa shape index (κ2) is 10.2. The fraction of sp³-hybridized carbons (Fsp3) is 0.0455. The average molecular weight is 574 g/mol. The molecule has 1 N–H and O–H groups in total. The summed E-state index contributed by atoms with van der Waals surface area (Å²) in [6.07, 6.45) is 0.913. The molecule has 0 radical (unpaired) electrons. The van der Waals surface area contributed by atoms with E-state index in [9.17, 15) is 0 Å². The predicted molar refractivity (Wildman–Crippen MR) is 193 cm³/mol. The molecule has 1 nitrogen and oxygen atoms in total. The Morgan fingerprint density at radius 3 is 1.78 bits per heavy atom. The van der Waals surface area contributed by atoms with Crippen LogP contribution < -0.4 is 0 Å². The lowest BCUT2D eigenvalue weighted by Gasteiger charge is -2.15. The number of aromatic amines is 1. The second-order valence-electron chi connectivity index (χ2n) is 12.3. The smallest absolute Gasteiger partial charge is 0.0551 e. The molecule has 1 heterocycles. The number of benzene rings is 8. The third-order valence-corrected chi connectivity index (χ3v) is 9.47. The monoisotopic (exact) mass is 573 g/mol. The standard InChI is InChI=1S/C44H31N/c1-28-9-8-10-33(25-28)31-21-17-29(18-22-31)26-30-19-23-32(24-20-30)39-27-40-35-12-3-5-14-37(35)44-43(38-15-6-7-16-41(38)45-44)42(40)36-13-4-2-11-34(36)39/h2-25,27,45H,26H2,1H3. The van der Waals surface area contributed by atoms with Gasteiger partial charge in [-0.05, 0) is 80.4 Å². The molecule has 0 unspecified atom stereocenters. The molecule has 9 aromatic rings. The van der Waals surface area contributed by atoms with E-state index in [1.807, 2.05) is 0 Å². The van der Waals surface area contributed by atoms with Crippen molar-refractivity contribution in [3.05, 3.63) is 168 Å². The Hall–Kier alpha value is -5.66. The largest absolute Gasteiger partial charge is 0.354 e. The first-order chi connectivity index (χ1) is 22.2. The van der Waals surface area contributed by atoms with E-state index in [0.717, 1.165) is 6.42 Å². The molecule has 0 aliphatic carbocycles. The molecule has 0 atom stereocenters. The molecule has 1 heteroatoms. The van der Waals surface area contributed by atoms with Crippen molar-refractivity contribution in [2.75, 3.05) is 0 Å². The third kappa shape index (κ3) is 4.24. The number of para-hydroxylation sites is 1. The Bertz CT molecular complexity index is 2550. The molecule has 0 spiro atoms. The SMILES string of the molecule is Cc1cccc(-c2ccc(Cc3ccc(-c4cc5c6ccccc6c6[nH]c7ccccc7c6c5c5ccccc45)cc3)cc2)c1. The highest BCUT2D eigenvalue weighted by Crippen LogP contribution is 2.44. The Kier molecular flexibility index (Phi) is 5.86. The van der Waals surface area contributed by atoms with Gasteiger partial charge >= 0.3 is 0 Å². The Morgan fingerprint density at radius 1 is 0.422 bits per heavy atom. The van der Waals surface area contributed by atoms with Crippen LogP contribution in [0.2, 0.25) is 0 Å². The molecule has 1 aromatic heterocycles. The second-order valence-corrected chi connectivity index (χ2v) is 12.3. The summed E-state index contributed by atoms with van der Waals surface area (Å²) >= 11 is 0. The first kappa shape index (κ1) is 25.8. The fourth-order valence-corrected chi connectivity index (χ4v) is 7.31. The van der Waals surface area contributed by atoms with E-state index in [4.69, 9.17) is 0 Å². The minimum atomic E-state index is 0.913. The van der Waals surface area contributed by atoms with Crippen LogP contribution in [0.5, 0.6) is 0 Å². The van der Waals surface area contributed by atoms with Crippen molar-refractivity contribution < 1.29 is 0 Å². The highest BCUT2D eigenvalue weighted by molar-refractivity contribution is 6.37. The van der Waals surface area contributed by atoms with Gasteiger partial charge in [-0.15, -0.1) is 0 Å². The molecule has 0 saturated heterocycles. The van der Waals surface area contributed by atoms with E-state index >= 15 is 0 Å². The van der Waals surface area contributed by atoms with Gasteiger partial charge in [0, 0.05) is 27.1 Å². The number of rotatable bonds is 4. The van der Waals surface area contributed by atoms with Crippen molar-refractivity contribution in [1.82, 2.24) is 4.98 Å². The van der Waals surface area contributed by atoms with Crippen LogP contribution in [-0.2, 0) is 6.42 Å². The van der Waals surface area contributed by atoms with Crippen molar-refractivity contribution >= 4 is 54.1 Å². The zero-order valence-electron chi connectivity index (χ0n) is 25.1. The van der Waals surface area contributed by atoms with Crippen molar-refractivity contribution in [3.63, 3.8) is 0 Å². The van der Waals surface area contributed by atoms with Crippen LogP contribution in [0, 0.1) is 6.92 Å². The molecule has 0 aliphatic heterocycles. The molecule has 9 rings (SSSR count). The van der Waals surface area contributed by atoms with Gasteiger partial charge < -0.3 is 4.98 Å². The lowest BCUT2D eigenvalue weighted by atomic mass is 9.88. The number of H-pyrrole nitrogens is 1. The van der Waals surface area contributed by atoms with Crippen molar-refractivity contribution in [2.45, 2.75) is 13.3 Å². The van der Waals surface area contributed by atoms with Gasteiger partial charge in [0.2, 0.25) is 0 Å². The zero-order chi connectivity index (χ0) is 29.9. The molecule has 0 bridgehead atoms. The maximum absolute atomic E-state index is 3.76. The molecule has 45 heavy (non-hydrogen) atoms. The maximum atomic E-state index is 3.76. The normalized spacial score (nSPS) is 11.8. The van der Waals surface area contributed by atoms with Gasteiger partial charge in [0.25, 0.3) is 0 Å². The van der Waals surface area contributed by atoms with Gasteiger partial charge in [-0.2, -0.15) is 0 Å². The topological polar surface area (TPSA) is 15.8 Å². The van der Waals surface area contributed by atoms with Gasteiger partial charge in [-0.1, -0.05) is 145 Å². The third-order valence-electron chi connectivity index (χ3n) is 9.47. The quantitative estimate of drug-likeness (QED) is 0.202. The Balaban J connectivity index is 1.16. The summed E-state index contributed by atoms with van der Waals surface area (Å²) in [5.74, 6) is 0. The summed E-state index contributed by atoms with van der Waals surface area (Å²) in [7, 11) is 0. The summed E-state index contributed by atoms with van der Waals surface area (Å²) in [5, 5.41) is 10.3. The van der Waals surface area contributed by atoms with E-state index in [1.165, 1.54) is 93.1 Å². The Morgan fingerprint density at radius 2 is 1.04 bits per heavy atom. The van der Waals surface area contributed by atoms with Crippen molar-refractivity contribution in [3.8, 4) is 22.3 Å². The molecular formula is C44H31N. The van der Waals surface area contributed by atoms with Gasteiger partial charge in [0.05, 0.1) is 5.52 Å². The number of fused-ring (bicyclic) bond motifs is 10. The summed E-state index contributed by atoms with van der Waals surface area (Å²) in [4.78, 5) is 3.76. The van der Waals surface area contributed by atoms with Gasteiger partial charge in [0.1, 0.15) is 0 Å². The highest BCUT2D eigenvalue weighted by atomic mass is 14.7. The summed E-state index contributed by atoms with van der Waals surface area (Å²) < 4.78 is 0. The van der Waals surface area contributed by atoms with E-state index < -0.39 is 0 Å². The number of hydrogen-bond acceptors (Lipinski definition) is 0. The number of hydrogen-bond donors (Lipinski definition) is 1. The van der Waals surface area contributed by atoms with Crippen LogP contribution in [-0.4, -0.2) is 4.98 Å². The van der Waals surface area contributed by atoms with Crippen LogP contribution in [0.1, 0.15) is 16.7 Å². The van der Waals surface area contributed by atoms with Crippen molar-refractivity contribution in [2.24, 2.45) is 0 Å².